The van der Waals surface area contributed by atoms with Crippen LogP contribution >= 0.6 is 8.03 Å². The van der Waals surface area contributed by atoms with E-state index < -0.39 is 30.6 Å². The van der Waals surface area contributed by atoms with E-state index in [9.17, 15) is 28.9 Å². The van der Waals surface area contributed by atoms with Gasteiger partial charge in [-0.1, -0.05) is 86.5 Å². The van der Waals surface area contributed by atoms with Gasteiger partial charge in [-0.2, -0.15) is 0 Å². The van der Waals surface area contributed by atoms with E-state index in [2.05, 4.69) is 0 Å². The summed E-state index contributed by atoms with van der Waals surface area (Å²) in [6, 6.07) is 24.8. The zero-order valence-corrected chi connectivity index (χ0v) is 23.9. The number of carboxylic acids is 1. The maximum absolute atomic E-state index is 14.0. The lowest BCUT2D eigenvalue weighted by atomic mass is 9.76. The molecule has 0 amide bonds. The highest BCUT2D eigenvalue weighted by molar-refractivity contribution is 7.42. The Bertz CT molecular complexity index is 1630. The molecule has 3 N–H and O–H groups in total. The molecule has 8 heteroatoms. The number of benzene rings is 3. The molecule has 4 aromatic rings. The molecule has 0 saturated heterocycles. The Kier molecular flexibility index (Phi) is 8.60. The first-order chi connectivity index (χ1) is 19.4. The SMILES string of the molecule is C#CC(C(=O)O)([PH](=O)O)C(C)(O)c1c(-c2ccc(F)cc2)cc(-c2ccccc2Cc2ccccc2)nc1C(C)C. The van der Waals surface area contributed by atoms with Gasteiger partial charge in [-0.3, -0.25) is 9.55 Å². The number of hydrogen-bond acceptors (Lipinski definition) is 4. The smallest absolute Gasteiger partial charge is 0.335 e. The number of carboxylic acid groups (broad SMARTS) is 1. The first-order valence-electron chi connectivity index (χ1n) is 13.0. The number of aliphatic carboxylic acids is 1. The molecule has 41 heavy (non-hydrogen) atoms. The van der Waals surface area contributed by atoms with Crippen molar-refractivity contribution in [3.8, 4) is 34.7 Å². The van der Waals surface area contributed by atoms with Gasteiger partial charge in [0, 0.05) is 11.1 Å². The van der Waals surface area contributed by atoms with Crippen LogP contribution in [0.2, 0.25) is 0 Å². The molecule has 0 spiro atoms. The van der Waals surface area contributed by atoms with Gasteiger partial charge >= 0.3 is 5.97 Å². The average Bonchev–Trinajstić information content (AvgIpc) is 2.93. The monoisotopic (exact) mass is 571 g/mol. The van der Waals surface area contributed by atoms with Crippen molar-refractivity contribution < 1.29 is 28.9 Å². The minimum atomic E-state index is -4.06. The van der Waals surface area contributed by atoms with Crippen molar-refractivity contribution >= 4 is 14.0 Å². The van der Waals surface area contributed by atoms with Crippen molar-refractivity contribution in [2.24, 2.45) is 0 Å². The van der Waals surface area contributed by atoms with E-state index in [1.54, 1.807) is 6.07 Å². The number of carbonyl (C=O) groups is 1. The van der Waals surface area contributed by atoms with Gasteiger partial charge in [0.15, 0.2) is 0 Å². The fraction of sp³-hybridized carbons (Fsp3) is 0.212. The summed E-state index contributed by atoms with van der Waals surface area (Å²) in [4.78, 5) is 27.7. The Morgan fingerprint density at radius 3 is 2.20 bits per heavy atom. The van der Waals surface area contributed by atoms with Crippen LogP contribution in [-0.2, 0) is 21.4 Å². The zero-order valence-electron chi connectivity index (χ0n) is 22.9. The van der Waals surface area contributed by atoms with Crippen LogP contribution in [0, 0.1) is 18.2 Å². The Morgan fingerprint density at radius 2 is 1.63 bits per heavy atom. The minimum absolute atomic E-state index is 0.00357. The summed E-state index contributed by atoms with van der Waals surface area (Å²) in [5.41, 5.74) is 1.94. The van der Waals surface area contributed by atoms with Crippen molar-refractivity contribution in [2.45, 2.75) is 43.9 Å². The van der Waals surface area contributed by atoms with E-state index in [0.717, 1.165) is 23.6 Å². The van der Waals surface area contributed by atoms with Crippen LogP contribution in [0.25, 0.3) is 22.4 Å². The van der Waals surface area contributed by atoms with E-state index in [1.165, 1.54) is 24.3 Å². The summed E-state index contributed by atoms with van der Waals surface area (Å²) in [5.74, 6) is -0.738. The Labute approximate surface area is 239 Å². The van der Waals surface area contributed by atoms with Crippen LogP contribution in [0.3, 0.4) is 0 Å². The second-order valence-corrected chi connectivity index (χ2v) is 11.7. The standard InChI is InChI=1S/C33H31FNO5P/c1-5-33(31(36)37,41(39)40)32(4,38)29-27(23-15-17-25(34)18-16-23)20-28(35-30(29)21(2)3)26-14-10-9-13-24(26)19-22-11-7-6-8-12-22/h1,6-18,20-21,38,41H,19H2,2-4H3,(H,36,37)(H,39,40). The molecule has 210 valence electrons. The van der Waals surface area contributed by atoms with Crippen LogP contribution in [0.5, 0.6) is 0 Å². The first-order valence-corrected chi connectivity index (χ1v) is 14.4. The van der Waals surface area contributed by atoms with E-state index in [-0.39, 0.29) is 11.5 Å². The third-order valence-corrected chi connectivity index (χ3v) is 8.84. The number of nitrogens with zero attached hydrogens (tertiary/aromatic N) is 1. The van der Waals surface area contributed by atoms with Gasteiger partial charge in [-0.15, -0.1) is 6.42 Å². The van der Waals surface area contributed by atoms with Crippen molar-refractivity contribution in [2.75, 3.05) is 0 Å². The Hall–Kier alpha value is -4.08. The Morgan fingerprint density at radius 1 is 1.02 bits per heavy atom. The fourth-order valence-corrected chi connectivity index (χ4v) is 6.04. The second kappa shape index (κ2) is 11.8. The molecule has 4 rings (SSSR count). The lowest BCUT2D eigenvalue weighted by Crippen LogP contribution is -2.53. The number of rotatable bonds is 9. The summed E-state index contributed by atoms with van der Waals surface area (Å²) < 4.78 is 26.6. The van der Waals surface area contributed by atoms with Crippen molar-refractivity contribution in [3.05, 3.63) is 113 Å². The van der Waals surface area contributed by atoms with Crippen molar-refractivity contribution in [1.82, 2.24) is 4.98 Å². The van der Waals surface area contributed by atoms with Gasteiger partial charge < -0.3 is 15.1 Å². The molecule has 0 aliphatic heterocycles. The lowest BCUT2D eigenvalue weighted by molar-refractivity contribution is -0.145. The summed E-state index contributed by atoms with van der Waals surface area (Å²) in [6.45, 7) is 4.76. The number of pyridine rings is 1. The lowest BCUT2D eigenvalue weighted by Gasteiger charge is -2.39. The van der Waals surface area contributed by atoms with Gasteiger partial charge in [0.2, 0.25) is 13.2 Å². The van der Waals surface area contributed by atoms with E-state index >= 15 is 0 Å². The normalized spacial score (nSPS) is 15.0. The maximum Gasteiger partial charge on any atom is 0.335 e. The molecule has 1 heterocycles. The molecule has 1 aromatic heterocycles. The third kappa shape index (κ3) is 5.47. The summed E-state index contributed by atoms with van der Waals surface area (Å²) in [5, 5.41) is 19.3. The molecule has 0 fully saturated rings. The third-order valence-electron chi connectivity index (χ3n) is 7.36. The van der Waals surface area contributed by atoms with Crippen LogP contribution in [0.4, 0.5) is 4.39 Å². The summed E-state index contributed by atoms with van der Waals surface area (Å²) in [6.07, 6.45) is 6.20. The molecular weight excluding hydrogens is 540 g/mol. The zero-order chi connectivity index (χ0) is 29.9. The summed E-state index contributed by atoms with van der Waals surface area (Å²) in [7, 11) is -4.06. The van der Waals surface area contributed by atoms with Crippen LogP contribution in [0.1, 0.15) is 49.1 Å². The molecule has 3 aromatic carbocycles. The molecule has 0 saturated carbocycles. The predicted molar refractivity (Wildman–Crippen MR) is 158 cm³/mol. The highest BCUT2D eigenvalue weighted by Crippen LogP contribution is 2.52. The molecular formula is C33H31FNO5P. The van der Waals surface area contributed by atoms with E-state index in [1.807, 2.05) is 74.4 Å². The molecule has 0 aliphatic carbocycles. The molecule has 6 nitrogen and oxygen atoms in total. The summed E-state index contributed by atoms with van der Waals surface area (Å²) >= 11 is 0. The number of aliphatic hydroxyl groups is 1. The van der Waals surface area contributed by atoms with Gasteiger partial charge in [0.25, 0.3) is 0 Å². The van der Waals surface area contributed by atoms with Crippen molar-refractivity contribution in [1.29, 1.82) is 0 Å². The number of hydrogen-bond donors (Lipinski definition) is 3. The molecule has 0 bridgehead atoms. The van der Waals surface area contributed by atoms with Crippen molar-refractivity contribution in [3.63, 3.8) is 0 Å². The van der Waals surface area contributed by atoms with Gasteiger partial charge in [0.05, 0.1) is 11.4 Å². The molecule has 0 radical (unpaired) electrons. The Balaban J connectivity index is 2.09. The fourth-order valence-electron chi connectivity index (χ4n) is 5.19. The maximum atomic E-state index is 14.0. The van der Waals surface area contributed by atoms with Gasteiger partial charge in [-0.25, -0.2) is 9.18 Å². The number of terminal acetylenes is 1. The first kappa shape index (κ1) is 29.9. The average molecular weight is 572 g/mol. The van der Waals surface area contributed by atoms with Gasteiger partial charge in [-0.05, 0) is 59.7 Å². The van der Waals surface area contributed by atoms with E-state index in [4.69, 9.17) is 11.4 Å². The second-order valence-electron chi connectivity index (χ2n) is 10.4. The van der Waals surface area contributed by atoms with Crippen LogP contribution in [-0.4, -0.2) is 31.2 Å². The quantitative estimate of drug-likeness (QED) is 0.159. The van der Waals surface area contributed by atoms with E-state index in [0.29, 0.717) is 28.9 Å². The number of aromatic nitrogens is 1. The molecule has 0 aliphatic rings. The highest BCUT2D eigenvalue weighted by atomic mass is 31.1. The minimum Gasteiger partial charge on any atom is -0.480 e. The highest BCUT2D eigenvalue weighted by Gasteiger charge is 2.60. The van der Waals surface area contributed by atoms with Crippen LogP contribution < -0.4 is 0 Å². The predicted octanol–water partition coefficient (Wildman–Crippen LogP) is 6.40. The largest absolute Gasteiger partial charge is 0.480 e. The van der Waals surface area contributed by atoms with Gasteiger partial charge in [0.1, 0.15) is 11.4 Å². The molecule has 3 atom stereocenters. The van der Waals surface area contributed by atoms with Crippen LogP contribution in [0.15, 0.2) is 84.9 Å². The number of halogens is 1. The topological polar surface area (TPSA) is 108 Å². The molecule has 3 unspecified atom stereocenters.